The summed E-state index contributed by atoms with van der Waals surface area (Å²) >= 11 is 0. The van der Waals surface area contributed by atoms with E-state index in [1.165, 1.54) is 11.3 Å². The number of nitrogens with zero attached hydrogens (tertiary/aromatic N) is 1. The monoisotopic (exact) mass is 278 g/mol. The second-order valence-electron chi connectivity index (χ2n) is 5.41. The summed E-state index contributed by atoms with van der Waals surface area (Å²) in [7, 11) is 1.70. The van der Waals surface area contributed by atoms with Crippen molar-refractivity contribution < 1.29 is 9.90 Å². The fourth-order valence-corrected chi connectivity index (χ4v) is 2.19. The first kappa shape index (κ1) is 16.5. The molecule has 1 atom stereocenters. The van der Waals surface area contributed by atoms with Gasteiger partial charge >= 0.3 is 5.97 Å². The minimum Gasteiger partial charge on any atom is -0.480 e. The van der Waals surface area contributed by atoms with Crippen LogP contribution in [0.4, 0.5) is 5.69 Å². The first-order valence-corrected chi connectivity index (χ1v) is 7.17. The molecule has 0 heterocycles. The highest BCUT2D eigenvalue weighted by atomic mass is 16.4. The van der Waals surface area contributed by atoms with E-state index in [9.17, 15) is 9.90 Å². The predicted molar refractivity (Wildman–Crippen MR) is 83.4 cm³/mol. The molecule has 1 rings (SSSR count). The zero-order valence-corrected chi connectivity index (χ0v) is 12.9. The largest absolute Gasteiger partial charge is 0.480 e. The molecule has 0 aliphatic rings. The molecular formula is C16H26N2O2. The van der Waals surface area contributed by atoms with E-state index >= 15 is 0 Å². The van der Waals surface area contributed by atoms with Crippen molar-refractivity contribution in [3.05, 3.63) is 29.8 Å². The standard InChI is InChI=1S/C16H26N2O2/c1-5-18(14-9-7-13(2)8-10-14)12-6-11-16(3,17-4)15(19)20/h7-10,17H,5-6,11-12H2,1-4H3,(H,19,20). The molecule has 4 nitrogen and oxygen atoms in total. The van der Waals surface area contributed by atoms with Crippen LogP contribution in [-0.4, -0.2) is 36.8 Å². The molecule has 1 aromatic rings. The van der Waals surface area contributed by atoms with E-state index < -0.39 is 11.5 Å². The number of likely N-dealkylation sites (N-methyl/N-ethyl adjacent to an activating group) is 1. The van der Waals surface area contributed by atoms with Crippen LogP contribution in [-0.2, 0) is 4.79 Å². The van der Waals surface area contributed by atoms with Gasteiger partial charge in [0.25, 0.3) is 0 Å². The number of nitrogens with one attached hydrogen (secondary N) is 1. The van der Waals surface area contributed by atoms with E-state index in [1.54, 1.807) is 14.0 Å². The molecule has 0 amide bonds. The molecule has 112 valence electrons. The summed E-state index contributed by atoms with van der Waals surface area (Å²) in [6.07, 6.45) is 1.45. The van der Waals surface area contributed by atoms with Crippen molar-refractivity contribution in [2.24, 2.45) is 0 Å². The van der Waals surface area contributed by atoms with Crippen LogP contribution in [0.1, 0.15) is 32.3 Å². The number of aryl methyl sites for hydroxylation is 1. The van der Waals surface area contributed by atoms with Crippen LogP contribution in [0.2, 0.25) is 0 Å². The third kappa shape index (κ3) is 4.23. The lowest BCUT2D eigenvalue weighted by Gasteiger charge is -2.27. The third-order valence-corrected chi connectivity index (χ3v) is 3.91. The Morgan fingerprint density at radius 1 is 1.35 bits per heavy atom. The molecule has 0 aliphatic heterocycles. The number of anilines is 1. The van der Waals surface area contributed by atoms with Gasteiger partial charge in [0.15, 0.2) is 0 Å². The first-order valence-electron chi connectivity index (χ1n) is 7.17. The second-order valence-corrected chi connectivity index (χ2v) is 5.41. The highest BCUT2D eigenvalue weighted by molar-refractivity contribution is 5.78. The van der Waals surface area contributed by atoms with Crippen molar-refractivity contribution in [1.29, 1.82) is 0 Å². The Labute approximate surface area is 121 Å². The van der Waals surface area contributed by atoms with Gasteiger partial charge in [0.05, 0.1) is 0 Å². The van der Waals surface area contributed by atoms with Gasteiger partial charge in [-0.05, 0) is 52.8 Å². The van der Waals surface area contributed by atoms with Crippen LogP contribution < -0.4 is 10.2 Å². The molecule has 0 spiro atoms. The summed E-state index contributed by atoms with van der Waals surface area (Å²) < 4.78 is 0. The van der Waals surface area contributed by atoms with Crippen LogP contribution in [0.5, 0.6) is 0 Å². The maximum Gasteiger partial charge on any atom is 0.323 e. The molecule has 0 bridgehead atoms. The maximum atomic E-state index is 11.2. The summed E-state index contributed by atoms with van der Waals surface area (Å²) in [6, 6.07) is 8.44. The zero-order valence-electron chi connectivity index (χ0n) is 12.9. The minimum absolute atomic E-state index is 0.612. The van der Waals surface area contributed by atoms with Crippen molar-refractivity contribution >= 4 is 11.7 Å². The lowest BCUT2D eigenvalue weighted by molar-refractivity contribution is -0.144. The number of rotatable bonds is 8. The van der Waals surface area contributed by atoms with Crippen molar-refractivity contribution in [1.82, 2.24) is 5.32 Å². The van der Waals surface area contributed by atoms with E-state index in [-0.39, 0.29) is 0 Å². The Kier molecular flexibility index (Phi) is 6.02. The number of aliphatic carboxylic acids is 1. The topological polar surface area (TPSA) is 52.6 Å². The summed E-state index contributed by atoms with van der Waals surface area (Å²) in [5, 5.41) is 12.1. The molecule has 0 aromatic heterocycles. The summed E-state index contributed by atoms with van der Waals surface area (Å²) in [5.74, 6) is -0.793. The molecule has 2 N–H and O–H groups in total. The Morgan fingerprint density at radius 3 is 2.40 bits per heavy atom. The highest BCUT2D eigenvalue weighted by Crippen LogP contribution is 2.18. The Balaban J connectivity index is 2.58. The fourth-order valence-electron chi connectivity index (χ4n) is 2.19. The Morgan fingerprint density at radius 2 is 1.95 bits per heavy atom. The number of carboxylic acid groups (broad SMARTS) is 1. The number of carbonyl (C=O) groups is 1. The van der Waals surface area contributed by atoms with Crippen molar-refractivity contribution in [3.63, 3.8) is 0 Å². The van der Waals surface area contributed by atoms with E-state index in [2.05, 4.69) is 48.3 Å². The predicted octanol–water partition coefficient (Wildman–Crippen LogP) is 2.66. The van der Waals surface area contributed by atoms with Gasteiger partial charge in [-0.25, -0.2) is 0 Å². The van der Waals surface area contributed by atoms with Gasteiger partial charge < -0.3 is 15.3 Å². The number of carboxylic acids is 1. The molecule has 0 saturated heterocycles. The third-order valence-electron chi connectivity index (χ3n) is 3.91. The number of hydrogen-bond acceptors (Lipinski definition) is 3. The number of benzene rings is 1. The van der Waals surface area contributed by atoms with Crippen LogP contribution in [0.25, 0.3) is 0 Å². The second kappa shape index (κ2) is 7.29. The quantitative estimate of drug-likeness (QED) is 0.767. The maximum absolute atomic E-state index is 11.2. The van der Waals surface area contributed by atoms with Crippen LogP contribution in [0.15, 0.2) is 24.3 Å². The zero-order chi connectivity index (χ0) is 15.2. The molecule has 4 heteroatoms. The molecule has 0 saturated carbocycles. The molecule has 1 unspecified atom stereocenters. The van der Waals surface area contributed by atoms with Crippen LogP contribution >= 0.6 is 0 Å². The first-order chi connectivity index (χ1) is 9.42. The van der Waals surface area contributed by atoms with Crippen molar-refractivity contribution in [2.45, 2.75) is 39.2 Å². The SMILES string of the molecule is CCN(CCCC(C)(NC)C(=O)O)c1ccc(C)cc1. The molecule has 0 radical (unpaired) electrons. The van der Waals surface area contributed by atoms with E-state index in [1.807, 2.05) is 0 Å². The molecule has 20 heavy (non-hydrogen) atoms. The van der Waals surface area contributed by atoms with E-state index in [0.717, 1.165) is 19.5 Å². The van der Waals surface area contributed by atoms with Crippen molar-refractivity contribution in [2.75, 3.05) is 25.0 Å². The molecular weight excluding hydrogens is 252 g/mol. The lowest BCUT2D eigenvalue weighted by Crippen LogP contribution is -2.47. The van der Waals surface area contributed by atoms with E-state index in [0.29, 0.717) is 6.42 Å². The van der Waals surface area contributed by atoms with Gasteiger partial charge in [-0.3, -0.25) is 4.79 Å². The summed E-state index contributed by atoms with van der Waals surface area (Å²) in [4.78, 5) is 13.5. The van der Waals surface area contributed by atoms with Gasteiger partial charge in [0, 0.05) is 18.8 Å². The van der Waals surface area contributed by atoms with Gasteiger partial charge in [0.2, 0.25) is 0 Å². The fraction of sp³-hybridized carbons (Fsp3) is 0.562. The minimum atomic E-state index is -0.841. The van der Waals surface area contributed by atoms with Gasteiger partial charge in [0.1, 0.15) is 5.54 Å². The smallest absolute Gasteiger partial charge is 0.323 e. The van der Waals surface area contributed by atoms with Gasteiger partial charge in [-0.2, -0.15) is 0 Å². The summed E-state index contributed by atoms with van der Waals surface area (Å²) in [5.41, 5.74) is 1.60. The highest BCUT2D eigenvalue weighted by Gasteiger charge is 2.30. The number of hydrogen-bond donors (Lipinski definition) is 2. The Hall–Kier alpha value is -1.55. The Bertz CT molecular complexity index is 431. The van der Waals surface area contributed by atoms with Crippen molar-refractivity contribution in [3.8, 4) is 0 Å². The van der Waals surface area contributed by atoms with Gasteiger partial charge in [-0.15, -0.1) is 0 Å². The normalized spacial score (nSPS) is 13.8. The molecule has 1 aromatic carbocycles. The average molecular weight is 278 g/mol. The van der Waals surface area contributed by atoms with Crippen LogP contribution in [0.3, 0.4) is 0 Å². The lowest BCUT2D eigenvalue weighted by atomic mass is 9.96. The summed E-state index contributed by atoms with van der Waals surface area (Å²) in [6.45, 7) is 7.72. The van der Waals surface area contributed by atoms with E-state index in [4.69, 9.17) is 0 Å². The van der Waals surface area contributed by atoms with Gasteiger partial charge in [-0.1, -0.05) is 17.7 Å². The molecule has 0 aliphatic carbocycles. The molecule has 0 fully saturated rings. The average Bonchev–Trinajstić information content (AvgIpc) is 2.44. The van der Waals surface area contributed by atoms with Crippen LogP contribution in [0, 0.1) is 6.92 Å².